The normalized spacial score (nSPS) is 11.1. The molecule has 0 aliphatic rings. The second-order valence-corrected chi connectivity index (χ2v) is 7.57. The molecule has 0 atom stereocenters. The Morgan fingerprint density at radius 3 is 2.50 bits per heavy atom. The number of aromatic nitrogens is 2. The average Bonchev–Trinajstić information content (AvgIpc) is 2.86. The van der Waals surface area contributed by atoms with E-state index >= 15 is 0 Å². The second-order valence-electron chi connectivity index (χ2n) is 7.57. The maximum Gasteiger partial charge on any atom is 0.335 e. The Bertz CT molecular complexity index is 1420. The molecule has 0 aliphatic heterocycles. The van der Waals surface area contributed by atoms with Gasteiger partial charge in [0.25, 0.3) is 5.56 Å². The smallest absolute Gasteiger partial charge is 0.335 e. The number of benzene rings is 3. The van der Waals surface area contributed by atoms with Gasteiger partial charge in [-0.25, -0.2) is 9.78 Å². The molecule has 1 heterocycles. The highest BCUT2D eigenvalue weighted by Gasteiger charge is 2.12. The largest absolute Gasteiger partial charge is 0.493 e. The van der Waals surface area contributed by atoms with Gasteiger partial charge in [-0.1, -0.05) is 31.2 Å². The van der Waals surface area contributed by atoms with Gasteiger partial charge >= 0.3 is 5.97 Å². The van der Waals surface area contributed by atoms with Crippen LogP contribution >= 0.6 is 0 Å². The predicted octanol–water partition coefficient (Wildman–Crippen LogP) is 5.05. The summed E-state index contributed by atoms with van der Waals surface area (Å²) in [4.78, 5) is 29.3. The summed E-state index contributed by atoms with van der Waals surface area (Å²) >= 11 is 0. The van der Waals surface area contributed by atoms with Crippen LogP contribution in [0.2, 0.25) is 0 Å². The number of carbonyl (C=O) groups is 1. The quantitative estimate of drug-likeness (QED) is 0.399. The number of para-hydroxylation sites is 1. The van der Waals surface area contributed by atoms with Gasteiger partial charge in [0.2, 0.25) is 0 Å². The Hall–Kier alpha value is -4.39. The van der Waals surface area contributed by atoms with Crippen LogP contribution < -0.4 is 15.0 Å². The molecule has 0 spiro atoms. The molecular weight excluding hydrogens is 432 g/mol. The van der Waals surface area contributed by atoms with E-state index in [1.54, 1.807) is 43.5 Å². The van der Waals surface area contributed by atoms with E-state index < -0.39 is 5.97 Å². The Morgan fingerprint density at radius 1 is 1.03 bits per heavy atom. The van der Waals surface area contributed by atoms with Gasteiger partial charge in [0.1, 0.15) is 5.82 Å². The Balaban J connectivity index is 1.82. The van der Waals surface area contributed by atoms with Crippen molar-refractivity contribution in [1.29, 1.82) is 0 Å². The zero-order valence-electron chi connectivity index (χ0n) is 18.9. The number of carboxylic acids is 1. The van der Waals surface area contributed by atoms with Crippen molar-refractivity contribution in [3.05, 3.63) is 94.0 Å². The summed E-state index contributed by atoms with van der Waals surface area (Å²) in [5.41, 5.74) is 1.85. The lowest BCUT2D eigenvalue weighted by atomic mass is 10.1. The number of hydrogen-bond acceptors (Lipinski definition) is 5. The molecule has 0 unspecified atom stereocenters. The van der Waals surface area contributed by atoms with Crippen LogP contribution in [0.25, 0.3) is 28.7 Å². The van der Waals surface area contributed by atoms with Crippen LogP contribution in [0.1, 0.15) is 35.1 Å². The van der Waals surface area contributed by atoms with Crippen molar-refractivity contribution in [2.45, 2.75) is 13.3 Å². The molecule has 0 saturated carbocycles. The molecular formula is C27H24N2O5. The molecule has 0 saturated heterocycles. The lowest BCUT2D eigenvalue weighted by molar-refractivity contribution is 0.0697. The third kappa shape index (κ3) is 4.68. The molecule has 7 nitrogen and oxygen atoms in total. The van der Waals surface area contributed by atoms with E-state index in [2.05, 4.69) is 0 Å². The molecule has 34 heavy (non-hydrogen) atoms. The standard InChI is InChI=1S/C27H24N2O5/c1-3-16-34-24-17-18(8-14-23(24)33-2)9-15-25-28-22-7-5-4-6-21(22)26(30)29(25)20-12-10-19(11-13-20)27(31)32/h4-15,17H,3,16H2,1-2H3,(H,31,32)/b15-9+. The first kappa shape index (κ1) is 22.8. The molecule has 0 bridgehead atoms. The number of ether oxygens (including phenoxy) is 2. The van der Waals surface area contributed by atoms with E-state index in [1.165, 1.54) is 16.7 Å². The Morgan fingerprint density at radius 2 is 1.79 bits per heavy atom. The molecule has 4 aromatic rings. The molecule has 0 aliphatic carbocycles. The van der Waals surface area contributed by atoms with Crippen LogP contribution in [-0.2, 0) is 0 Å². The van der Waals surface area contributed by atoms with E-state index in [9.17, 15) is 14.7 Å². The maximum absolute atomic E-state index is 13.4. The van der Waals surface area contributed by atoms with Crippen molar-refractivity contribution >= 4 is 29.0 Å². The van der Waals surface area contributed by atoms with Crippen molar-refractivity contribution in [2.24, 2.45) is 0 Å². The molecule has 0 radical (unpaired) electrons. The number of hydrogen-bond donors (Lipinski definition) is 1. The minimum atomic E-state index is -1.03. The van der Waals surface area contributed by atoms with Gasteiger partial charge in [0.15, 0.2) is 11.5 Å². The molecule has 4 rings (SSSR count). The molecule has 3 aromatic carbocycles. The van der Waals surface area contributed by atoms with Gasteiger partial charge in [-0.05, 0) is 66.6 Å². The van der Waals surface area contributed by atoms with Crippen LogP contribution in [0.15, 0.2) is 71.5 Å². The number of methoxy groups -OCH3 is 1. The first-order valence-electron chi connectivity index (χ1n) is 10.9. The van der Waals surface area contributed by atoms with Gasteiger partial charge in [-0.15, -0.1) is 0 Å². The monoisotopic (exact) mass is 456 g/mol. The highest BCUT2D eigenvalue weighted by atomic mass is 16.5. The minimum absolute atomic E-state index is 0.139. The average molecular weight is 456 g/mol. The van der Waals surface area contributed by atoms with Gasteiger partial charge in [0.05, 0.1) is 35.9 Å². The molecule has 0 amide bonds. The summed E-state index contributed by atoms with van der Waals surface area (Å²) in [5, 5.41) is 9.68. The van der Waals surface area contributed by atoms with Crippen LogP contribution in [0.3, 0.4) is 0 Å². The molecule has 1 N–H and O–H groups in total. The highest BCUT2D eigenvalue weighted by Crippen LogP contribution is 2.29. The lowest BCUT2D eigenvalue weighted by Crippen LogP contribution is -2.22. The number of carboxylic acid groups (broad SMARTS) is 1. The van der Waals surface area contributed by atoms with Crippen LogP contribution in [0.4, 0.5) is 0 Å². The van der Waals surface area contributed by atoms with Crippen molar-refractivity contribution < 1.29 is 19.4 Å². The van der Waals surface area contributed by atoms with Crippen LogP contribution in [-0.4, -0.2) is 34.3 Å². The summed E-state index contributed by atoms with van der Waals surface area (Å²) in [6.45, 7) is 2.60. The van der Waals surface area contributed by atoms with Gasteiger partial charge < -0.3 is 14.6 Å². The van der Waals surface area contributed by atoms with E-state index in [4.69, 9.17) is 14.5 Å². The Labute approximate surface area is 196 Å². The fourth-order valence-electron chi connectivity index (χ4n) is 3.56. The van der Waals surface area contributed by atoms with Crippen molar-refractivity contribution in [2.75, 3.05) is 13.7 Å². The first-order valence-corrected chi connectivity index (χ1v) is 10.9. The predicted molar refractivity (Wildman–Crippen MR) is 132 cm³/mol. The van der Waals surface area contributed by atoms with E-state index in [0.29, 0.717) is 40.5 Å². The summed E-state index contributed by atoms with van der Waals surface area (Å²) in [6.07, 6.45) is 4.47. The first-order chi connectivity index (χ1) is 16.5. The van der Waals surface area contributed by atoms with Crippen molar-refractivity contribution in [3.8, 4) is 17.2 Å². The molecule has 7 heteroatoms. The SMILES string of the molecule is CCCOc1cc(/C=C/c2nc3ccccc3c(=O)n2-c2ccc(C(=O)O)cc2)ccc1OC. The topological polar surface area (TPSA) is 90.7 Å². The summed E-state index contributed by atoms with van der Waals surface area (Å²) in [7, 11) is 1.59. The summed E-state index contributed by atoms with van der Waals surface area (Å²) in [6, 6.07) is 18.8. The van der Waals surface area contributed by atoms with E-state index in [0.717, 1.165) is 12.0 Å². The number of rotatable bonds is 8. The Kier molecular flexibility index (Phi) is 6.73. The van der Waals surface area contributed by atoms with Gasteiger partial charge in [-0.3, -0.25) is 9.36 Å². The fourth-order valence-corrected chi connectivity index (χ4v) is 3.56. The number of nitrogens with zero attached hydrogens (tertiary/aromatic N) is 2. The van der Waals surface area contributed by atoms with Crippen molar-refractivity contribution in [1.82, 2.24) is 9.55 Å². The third-order valence-corrected chi connectivity index (χ3v) is 5.25. The molecule has 0 fully saturated rings. The number of fused-ring (bicyclic) bond motifs is 1. The lowest BCUT2D eigenvalue weighted by Gasteiger charge is -2.12. The second kappa shape index (κ2) is 10.0. The van der Waals surface area contributed by atoms with E-state index in [1.807, 2.05) is 37.3 Å². The van der Waals surface area contributed by atoms with Gasteiger partial charge in [0, 0.05) is 0 Å². The molecule has 172 valence electrons. The van der Waals surface area contributed by atoms with E-state index in [-0.39, 0.29) is 11.1 Å². The fraction of sp³-hybridized carbons (Fsp3) is 0.148. The third-order valence-electron chi connectivity index (χ3n) is 5.25. The minimum Gasteiger partial charge on any atom is -0.493 e. The van der Waals surface area contributed by atoms with Crippen LogP contribution in [0, 0.1) is 0 Å². The van der Waals surface area contributed by atoms with Crippen LogP contribution in [0.5, 0.6) is 11.5 Å². The zero-order chi connectivity index (χ0) is 24.1. The zero-order valence-corrected chi connectivity index (χ0v) is 18.9. The summed E-state index contributed by atoms with van der Waals surface area (Å²) in [5.74, 6) is 0.666. The van der Waals surface area contributed by atoms with Crippen molar-refractivity contribution in [3.63, 3.8) is 0 Å². The van der Waals surface area contributed by atoms with Gasteiger partial charge in [-0.2, -0.15) is 0 Å². The highest BCUT2D eigenvalue weighted by molar-refractivity contribution is 5.88. The number of aromatic carboxylic acids is 1. The maximum atomic E-state index is 13.4. The summed E-state index contributed by atoms with van der Waals surface area (Å²) < 4.78 is 12.6. The molecule has 1 aromatic heterocycles.